The molecular weight excluding hydrogens is 233 g/mol. The molecule has 0 fully saturated rings. The monoisotopic (exact) mass is 250 g/mol. The fourth-order valence-corrected chi connectivity index (χ4v) is 1.60. The van der Waals surface area contributed by atoms with Crippen LogP contribution in [0.3, 0.4) is 0 Å². The van der Waals surface area contributed by atoms with Crippen molar-refractivity contribution < 1.29 is 18.0 Å². The van der Waals surface area contributed by atoms with Gasteiger partial charge in [-0.25, -0.2) is 0 Å². The quantitative estimate of drug-likeness (QED) is 0.730. The zero-order valence-corrected chi connectivity index (χ0v) is 9.57. The van der Waals surface area contributed by atoms with Crippen molar-refractivity contribution >= 4 is 5.91 Å². The van der Waals surface area contributed by atoms with Crippen LogP contribution in [0.25, 0.3) is 0 Å². The highest BCUT2D eigenvalue weighted by Crippen LogP contribution is 2.20. The highest BCUT2D eigenvalue weighted by atomic mass is 19.4. The molecular formula is C11H17F3N2O. The Hall–Kier alpha value is -1.04. The molecule has 98 valence electrons. The molecule has 0 saturated carbocycles. The van der Waals surface area contributed by atoms with Crippen LogP contribution in [0.4, 0.5) is 13.2 Å². The van der Waals surface area contributed by atoms with Crippen LogP contribution >= 0.6 is 0 Å². The zero-order valence-electron chi connectivity index (χ0n) is 9.57. The van der Waals surface area contributed by atoms with Gasteiger partial charge in [-0.05, 0) is 19.4 Å². The second-order valence-electron chi connectivity index (χ2n) is 4.03. The number of carbonyl (C=O) groups excluding carboxylic acids is 1. The van der Waals surface area contributed by atoms with E-state index in [1.807, 2.05) is 0 Å². The SMILES string of the molecule is O=C(CCC(F)(F)F)NCCC1=CCNCC1. The highest BCUT2D eigenvalue weighted by molar-refractivity contribution is 5.75. The second-order valence-corrected chi connectivity index (χ2v) is 4.03. The van der Waals surface area contributed by atoms with Crippen LogP contribution in [0.2, 0.25) is 0 Å². The highest BCUT2D eigenvalue weighted by Gasteiger charge is 2.27. The number of halogens is 3. The van der Waals surface area contributed by atoms with E-state index in [0.717, 1.165) is 25.9 Å². The van der Waals surface area contributed by atoms with Crippen LogP contribution in [0, 0.1) is 0 Å². The molecule has 0 atom stereocenters. The van der Waals surface area contributed by atoms with Gasteiger partial charge >= 0.3 is 6.18 Å². The zero-order chi connectivity index (χ0) is 12.7. The lowest BCUT2D eigenvalue weighted by Gasteiger charge is -2.14. The van der Waals surface area contributed by atoms with Crippen LogP contribution in [-0.2, 0) is 4.79 Å². The predicted octanol–water partition coefficient (Wildman–Crippen LogP) is 1.75. The molecule has 0 saturated heterocycles. The van der Waals surface area contributed by atoms with E-state index in [2.05, 4.69) is 16.7 Å². The fourth-order valence-electron chi connectivity index (χ4n) is 1.60. The number of hydrogen-bond acceptors (Lipinski definition) is 2. The summed E-state index contributed by atoms with van der Waals surface area (Å²) in [7, 11) is 0. The molecule has 1 aliphatic heterocycles. The van der Waals surface area contributed by atoms with Gasteiger partial charge in [-0.3, -0.25) is 4.79 Å². The van der Waals surface area contributed by atoms with Crippen molar-refractivity contribution in [3.63, 3.8) is 0 Å². The summed E-state index contributed by atoms with van der Waals surface area (Å²) >= 11 is 0. The number of nitrogens with one attached hydrogen (secondary N) is 2. The first-order chi connectivity index (χ1) is 7.97. The minimum absolute atomic E-state index is 0.419. The van der Waals surface area contributed by atoms with Gasteiger partial charge in [0.1, 0.15) is 0 Å². The number of amides is 1. The minimum atomic E-state index is -4.26. The largest absolute Gasteiger partial charge is 0.389 e. The first kappa shape index (κ1) is 14.0. The van der Waals surface area contributed by atoms with Gasteiger partial charge in [0.2, 0.25) is 5.91 Å². The van der Waals surface area contributed by atoms with Gasteiger partial charge in [0.15, 0.2) is 0 Å². The van der Waals surface area contributed by atoms with E-state index in [1.165, 1.54) is 5.57 Å². The molecule has 1 rings (SSSR count). The summed E-state index contributed by atoms with van der Waals surface area (Å²) in [4.78, 5) is 11.1. The number of rotatable bonds is 5. The fraction of sp³-hybridized carbons (Fsp3) is 0.727. The first-order valence-corrected chi connectivity index (χ1v) is 5.69. The van der Waals surface area contributed by atoms with Crippen molar-refractivity contribution in [2.24, 2.45) is 0 Å². The molecule has 0 spiro atoms. The molecule has 2 N–H and O–H groups in total. The Morgan fingerprint density at radius 3 is 2.82 bits per heavy atom. The molecule has 0 bridgehead atoms. The third kappa shape index (κ3) is 6.99. The Morgan fingerprint density at radius 2 is 2.24 bits per heavy atom. The van der Waals surface area contributed by atoms with Crippen molar-refractivity contribution in [2.75, 3.05) is 19.6 Å². The standard InChI is InChI=1S/C11H17F3N2O/c12-11(13,14)5-1-10(17)16-8-4-9-2-6-15-7-3-9/h2,15H,1,3-8H2,(H,16,17). The lowest BCUT2D eigenvalue weighted by Crippen LogP contribution is -2.27. The maximum atomic E-state index is 11.8. The van der Waals surface area contributed by atoms with E-state index in [1.54, 1.807) is 0 Å². The third-order valence-corrected chi connectivity index (χ3v) is 2.56. The van der Waals surface area contributed by atoms with Crippen molar-refractivity contribution in [3.8, 4) is 0 Å². The molecule has 0 aliphatic carbocycles. The Kier molecular flexibility index (Phi) is 5.47. The molecule has 17 heavy (non-hydrogen) atoms. The second kappa shape index (κ2) is 6.64. The predicted molar refractivity (Wildman–Crippen MR) is 58.5 cm³/mol. The van der Waals surface area contributed by atoms with E-state index in [-0.39, 0.29) is 0 Å². The van der Waals surface area contributed by atoms with Gasteiger partial charge in [-0.2, -0.15) is 13.2 Å². The molecule has 1 aliphatic rings. The Bertz CT molecular complexity index is 287. The van der Waals surface area contributed by atoms with Gasteiger partial charge in [0, 0.05) is 19.5 Å². The smallest absolute Gasteiger partial charge is 0.356 e. The lowest BCUT2D eigenvalue weighted by molar-refractivity contribution is -0.144. The minimum Gasteiger partial charge on any atom is -0.356 e. The topological polar surface area (TPSA) is 41.1 Å². The Morgan fingerprint density at radius 1 is 1.47 bits per heavy atom. The summed E-state index contributed by atoms with van der Waals surface area (Å²) in [5, 5.41) is 5.66. The van der Waals surface area contributed by atoms with Gasteiger partial charge in [-0.15, -0.1) is 0 Å². The summed E-state index contributed by atoms with van der Waals surface area (Å²) in [6.07, 6.45) is -2.06. The molecule has 1 amide bonds. The summed E-state index contributed by atoms with van der Waals surface area (Å²) in [5.74, 6) is -0.531. The molecule has 0 aromatic carbocycles. The number of carbonyl (C=O) groups is 1. The molecule has 0 aromatic heterocycles. The Balaban J connectivity index is 2.09. The Labute approximate surface area is 98.5 Å². The normalized spacial score (nSPS) is 16.5. The molecule has 1 heterocycles. The molecule has 3 nitrogen and oxygen atoms in total. The maximum Gasteiger partial charge on any atom is 0.389 e. The summed E-state index contributed by atoms with van der Waals surface area (Å²) in [5.41, 5.74) is 1.25. The van der Waals surface area contributed by atoms with Crippen LogP contribution in [0.15, 0.2) is 11.6 Å². The molecule has 0 unspecified atom stereocenters. The van der Waals surface area contributed by atoms with E-state index in [9.17, 15) is 18.0 Å². The number of hydrogen-bond donors (Lipinski definition) is 2. The van der Waals surface area contributed by atoms with E-state index < -0.39 is 24.9 Å². The van der Waals surface area contributed by atoms with Crippen molar-refractivity contribution in [1.82, 2.24) is 10.6 Å². The van der Waals surface area contributed by atoms with Crippen LogP contribution in [-0.4, -0.2) is 31.7 Å². The lowest BCUT2D eigenvalue weighted by atomic mass is 10.1. The van der Waals surface area contributed by atoms with Crippen molar-refractivity contribution in [2.45, 2.75) is 31.9 Å². The third-order valence-electron chi connectivity index (χ3n) is 2.56. The average Bonchev–Trinajstić information content (AvgIpc) is 2.27. The summed E-state index contributed by atoms with van der Waals surface area (Å²) in [6, 6.07) is 0. The van der Waals surface area contributed by atoms with Gasteiger partial charge in [0.05, 0.1) is 6.42 Å². The van der Waals surface area contributed by atoms with Crippen LogP contribution in [0.5, 0.6) is 0 Å². The van der Waals surface area contributed by atoms with Gasteiger partial charge < -0.3 is 10.6 Å². The van der Waals surface area contributed by atoms with Crippen molar-refractivity contribution in [3.05, 3.63) is 11.6 Å². The number of alkyl halides is 3. The molecule has 0 aromatic rings. The van der Waals surface area contributed by atoms with E-state index >= 15 is 0 Å². The average molecular weight is 250 g/mol. The van der Waals surface area contributed by atoms with Gasteiger partial charge in [0.25, 0.3) is 0 Å². The van der Waals surface area contributed by atoms with Crippen molar-refractivity contribution in [1.29, 1.82) is 0 Å². The van der Waals surface area contributed by atoms with Crippen LogP contribution in [0.1, 0.15) is 25.7 Å². The van der Waals surface area contributed by atoms with E-state index in [0.29, 0.717) is 6.54 Å². The van der Waals surface area contributed by atoms with E-state index in [4.69, 9.17) is 0 Å². The van der Waals surface area contributed by atoms with Crippen LogP contribution < -0.4 is 10.6 Å². The molecule has 6 heteroatoms. The maximum absolute atomic E-state index is 11.8. The summed E-state index contributed by atoms with van der Waals surface area (Å²) < 4.78 is 35.5. The van der Waals surface area contributed by atoms with Gasteiger partial charge in [-0.1, -0.05) is 11.6 Å². The summed E-state index contributed by atoms with van der Waals surface area (Å²) in [6.45, 7) is 2.17. The molecule has 0 radical (unpaired) electrons. The first-order valence-electron chi connectivity index (χ1n) is 5.69.